The molecule has 0 N–H and O–H groups in total. The Hall–Kier alpha value is -1.49. The van der Waals surface area contributed by atoms with E-state index in [2.05, 4.69) is 0 Å². The van der Waals surface area contributed by atoms with E-state index in [4.69, 9.17) is 4.74 Å². The highest BCUT2D eigenvalue weighted by atomic mass is 19.1. The Morgan fingerprint density at radius 1 is 1.62 bits per heavy atom. The van der Waals surface area contributed by atoms with Crippen molar-refractivity contribution < 1.29 is 14.1 Å². The number of hydrogen-bond donors (Lipinski definition) is 0. The van der Waals surface area contributed by atoms with Crippen LogP contribution in [0.3, 0.4) is 0 Å². The van der Waals surface area contributed by atoms with Crippen LogP contribution in [0, 0.1) is 15.9 Å². The summed E-state index contributed by atoms with van der Waals surface area (Å²) in [5, 5.41) is 10.3. The number of nitro groups is 1. The fraction of sp³-hybridized carbons (Fsp3) is 0.250. The topological polar surface area (TPSA) is 55.7 Å². The molecule has 0 saturated carbocycles. The van der Waals surface area contributed by atoms with Gasteiger partial charge in [0.2, 0.25) is 5.82 Å². The molecule has 0 amide bonds. The first-order valence-electron chi connectivity index (χ1n) is 3.74. The lowest BCUT2D eigenvalue weighted by atomic mass is 10.1. The van der Waals surface area contributed by atoms with Crippen molar-refractivity contribution in [1.29, 1.82) is 0 Å². The molecule has 1 aromatic carbocycles. The van der Waals surface area contributed by atoms with Crippen molar-refractivity contribution in [2.24, 2.45) is 0 Å². The first kappa shape index (κ1) is 8.12. The van der Waals surface area contributed by atoms with Gasteiger partial charge in [-0.25, -0.2) is 0 Å². The second-order valence-corrected chi connectivity index (χ2v) is 2.79. The molecule has 1 aliphatic rings. The Balaban J connectivity index is 2.41. The van der Waals surface area contributed by atoms with Crippen LogP contribution in [0.25, 0.3) is 0 Å². The number of epoxide rings is 1. The summed E-state index contributed by atoms with van der Waals surface area (Å²) in [4.78, 5) is 9.61. The van der Waals surface area contributed by atoms with Gasteiger partial charge in [-0.05, 0) is 11.6 Å². The van der Waals surface area contributed by atoms with Crippen molar-refractivity contribution in [2.75, 3.05) is 6.61 Å². The molecule has 1 atom stereocenters. The monoisotopic (exact) mass is 183 g/mol. The summed E-state index contributed by atoms with van der Waals surface area (Å²) in [6.45, 7) is 0.558. The number of nitrogens with zero attached hydrogens (tertiary/aromatic N) is 1. The quantitative estimate of drug-likeness (QED) is 0.399. The number of ether oxygens (including phenoxy) is 1. The van der Waals surface area contributed by atoms with Crippen LogP contribution in [-0.2, 0) is 4.74 Å². The number of hydrogen-bond acceptors (Lipinski definition) is 3. The third kappa shape index (κ3) is 1.50. The van der Waals surface area contributed by atoms with E-state index in [9.17, 15) is 14.5 Å². The number of rotatable bonds is 2. The zero-order chi connectivity index (χ0) is 9.42. The lowest BCUT2D eigenvalue weighted by molar-refractivity contribution is -0.387. The molecule has 2 rings (SSSR count). The van der Waals surface area contributed by atoms with Crippen LogP contribution in [0.4, 0.5) is 10.1 Å². The van der Waals surface area contributed by atoms with E-state index in [1.807, 2.05) is 0 Å². The summed E-state index contributed by atoms with van der Waals surface area (Å²) in [6.07, 6.45) is -0.0840. The van der Waals surface area contributed by atoms with Crippen molar-refractivity contribution >= 4 is 5.69 Å². The number of nitro benzene ring substituents is 1. The zero-order valence-electron chi connectivity index (χ0n) is 6.57. The molecule has 0 radical (unpaired) electrons. The van der Waals surface area contributed by atoms with Crippen molar-refractivity contribution in [3.8, 4) is 0 Å². The second-order valence-electron chi connectivity index (χ2n) is 2.79. The smallest absolute Gasteiger partial charge is 0.305 e. The fourth-order valence-corrected chi connectivity index (χ4v) is 1.11. The first-order chi connectivity index (χ1) is 6.18. The minimum Gasteiger partial charge on any atom is -0.368 e. The average Bonchev–Trinajstić information content (AvgIpc) is 2.87. The molecule has 5 heteroatoms. The van der Waals surface area contributed by atoms with Crippen LogP contribution < -0.4 is 0 Å². The predicted octanol–water partition coefficient (Wildman–Crippen LogP) is 1.81. The minimum atomic E-state index is -0.811. The zero-order valence-corrected chi connectivity index (χ0v) is 6.57. The van der Waals surface area contributed by atoms with Gasteiger partial charge in [-0.15, -0.1) is 0 Å². The Bertz CT molecular complexity index is 362. The van der Waals surface area contributed by atoms with Gasteiger partial charge in [0.05, 0.1) is 11.5 Å². The Labute approximate surface area is 73.1 Å². The summed E-state index contributed by atoms with van der Waals surface area (Å²) < 4.78 is 17.7. The molecular formula is C8H6FNO3. The van der Waals surface area contributed by atoms with E-state index >= 15 is 0 Å². The molecule has 0 bridgehead atoms. The van der Waals surface area contributed by atoms with Gasteiger partial charge >= 0.3 is 5.69 Å². The van der Waals surface area contributed by atoms with Crippen LogP contribution in [-0.4, -0.2) is 11.5 Å². The highest BCUT2D eigenvalue weighted by Gasteiger charge is 2.27. The maximum atomic E-state index is 12.8. The van der Waals surface area contributed by atoms with E-state index < -0.39 is 16.4 Å². The molecule has 4 nitrogen and oxygen atoms in total. The fourth-order valence-electron chi connectivity index (χ4n) is 1.11. The highest BCUT2D eigenvalue weighted by Crippen LogP contribution is 2.32. The second kappa shape index (κ2) is 2.77. The molecule has 0 unspecified atom stereocenters. The SMILES string of the molecule is O=[N+]([O-])c1cc([C@H]2CO2)ccc1F. The molecule has 0 spiro atoms. The molecule has 13 heavy (non-hydrogen) atoms. The molecular weight excluding hydrogens is 177 g/mol. The number of benzene rings is 1. The van der Waals surface area contributed by atoms with Gasteiger partial charge in [0.1, 0.15) is 6.10 Å². The average molecular weight is 183 g/mol. The van der Waals surface area contributed by atoms with Crippen molar-refractivity contribution in [2.45, 2.75) is 6.10 Å². The summed E-state index contributed by atoms with van der Waals surface area (Å²) in [5.41, 5.74) is 0.168. The van der Waals surface area contributed by atoms with Gasteiger partial charge in [0.15, 0.2) is 0 Å². The van der Waals surface area contributed by atoms with Gasteiger partial charge < -0.3 is 4.74 Å². The lowest BCUT2D eigenvalue weighted by Gasteiger charge is -1.96. The largest absolute Gasteiger partial charge is 0.368 e. The Morgan fingerprint density at radius 2 is 2.31 bits per heavy atom. The van der Waals surface area contributed by atoms with Gasteiger partial charge in [-0.2, -0.15) is 4.39 Å². The minimum absolute atomic E-state index is 0.0840. The van der Waals surface area contributed by atoms with E-state index in [0.29, 0.717) is 12.2 Å². The van der Waals surface area contributed by atoms with E-state index in [0.717, 1.165) is 6.07 Å². The molecule has 0 aliphatic carbocycles. The first-order valence-corrected chi connectivity index (χ1v) is 3.74. The molecule has 1 aromatic rings. The van der Waals surface area contributed by atoms with E-state index in [1.165, 1.54) is 12.1 Å². The van der Waals surface area contributed by atoms with E-state index in [-0.39, 0.29) is 6.10 Å². The summed E-state index contributed by atoms with van der Waals surface area (Å²) >= 11 is 0. The van der Waals surface area contributed by atoms with Crippen LogP contribution >= 0.6 is 0 Å². The lowest BCUT2D eigenvalue weighted by Crippen LogP contribution is -1.93. The summed E-state index contributed by atoms with van der Waals surface area (Å²) in [6, 6.07) is 3.81. The van der Waals surface area contributed by atoms with Gasteiger partial charge in [-0.3, -0.25) is 10.1 Å². The molecule has 0 aromatic heterocycles. The maximum Gasteiger partial charge on any atom is 0.305 e. The molecule has 1 saturated heterocycles. The number of halogens is 1. The Kier molecular flexibility index (Phi) is 1.73. The Morgan fingerprint density at radius 3 is 2.85 bits per heavy atom. The van der Waals surface area contributed by atoms with Crippen LogP contribution in [0.15, 0.2) is 18.2 Å². The molecule has 1 fully saturated rings. The van der Waals surface area contributed by atoms with Crippen molar-refractivity contribution in [3.05, 3.63) is 39.7 Å². The standard InChI is InChI=1S/C8H6FNO3/c9-6-2-1-5(8-4-13-8)3-7(6)10(11)12/h1-3,8H,4H2/t8-/m1/s1. The molecule has 1 heterocycles. The van der Waals surface area contributed by atoms with Gasteiger partial charge in [0, 0.05) is 6.07 Å². The molecule has 1 aliphatic heterocycles. The predicted molar refractivity (Wildman–Crippen MR) is 41.7 cm³/mol. The third-order valence-corrected chi connectivity index (χ3v) is 1.87. The van der Waals surface area contributed by atoms with Crippen molar-refractivity contribution in [3.63, 3.8) is 0 Å². The third-order valence-electron chi connectivity index (χ3n) is 1.87. The molecule has 68 valence electrons. The summed E-state index contributed by atoms with van der Waals surface area (Å²) in [5.74, 6) is -0.811. The van der Waals surface area contributed by atoms with Gasteiger partial charge in [0.25, 0.3) is 0 Å². The maximum absolute atomic E-state index is 12.8. The van der Waals surface area contributed by atoms with Crippen LogP contribution in [0.2, 0.25) is 0 Å². The van der Waals surface area contributed by atoms with Crippen molar-refractivity contribution in [1.82, 2.24) is 0 Å². The normalized spacial score (nSPS) is 19.9. The van der Waals surface area contributed by atoms with Gasteiger partial charge in [-0.1, -0.05) is 6.07 Å². The summed E-state index contributed by atoms with van der Waals surface area (Å²) in [7, 11) is 0. The van der Waals surface area contributed by atoms with Crippen LogP contribution in [0.1, 0.15) is 11.7 Å². The van der Waals surface area contributed by atoms with E-state index in [1.54, 1.807) is 0 Å². The highest BCUT2D eigenvalue weighted by molar-refractivity contribution is 5.37. The van der Waals surface area contributed by atoms with Crippen LogP contribution in [0.5, 0.6) is 0 Å².